The number of carbonyl (C=O) groups excluding carboxylic acids is 1. The SMILES string of the molecule is Cc1[nH]c2ccc(F)cc2c1CC(=O)NCCc1ccc(Cl)s1. The quantitative estimate of drug-likeness (QED) is 0.710. The van der Waals surface area contributed by atoms with E-state index < -0.39 is 0 Å². The summed E-state index contributed by atoms with van der Waals surface area (Å²) in [6.45, 7) is 2.46. The number of thiophene rings is 1. The zero-order chi connectivity index (χ0) is 16.4. The van der Waals surface area contributed by atoms with Crippen molar-refractivity contribution in [1.29, 1.82) is 0 Å². The molecule has 2 N–H and O–H groups in total. The summed E-state index contributed by atoms with van der Waals surface area (Å²) in [6, 6.07) is 8.39. The number of rotatable bonds is 5. The molecule has 0 spiro atoms. The van der Waals surface area contributed by atoms with Crippen molar-refractivity contribution in [2.45, 2.75) is 19.8 Å². The first-order chi connectivity index (χ1) is 11.0. The van der Waals surface area contributed by atoms with E-state index >= 15 is 0 Å². The molecule has 23 heavy (non-hydrogen) atoms. The fourth-order valence-electron chi connectivity index (χ4n) is 2.62. The van der Waals surface area contributed by atoms with Gasteiger partial charge >= 0.3 is 0 Å². The maximum atomic E-state index is 13.4. The number of nitrogens with one attached hydrogen (secondary N) is 2. The minimum absolute atomic E-state index is 0.0686. The molecule has 3 aromatic rings. The molecule has 0 aliphatic rings. The van der Waals surface area contributed by atoms with Gasteiger partial charge in [-0.2, -0.15) is 0 Å². The number of fused-ring (bicyclic) bond motifs is 1. The van der Waals surface area contributed by atoms with Crippen LogP contribution in [0.25, 0.3) is 10.9 Å². The lowest BCUT2D eigenvalue weighted by Gasteiger charge is -2.05. The number of aryl methyl sites for hydroxylation is 1. The molecule has 2 heterocycles. The van der Waals surface area contributed by atoms with Gasteiger partial charge in [0.25, 0.3) is 0 Å². The van der Waals surface area contributed by atoms with E-state index in [1.165, 1.54) is 23.5 Å². The zero-order valence-electron chi connectivity index (χ0n) is 12.6. The molecular formula is C17H16ClFN2OS. The van der Waals surface area contributed by atoms with Gasteiger partial charge in [0.15, 0.2) is 0 Å². The molecule has 1 aromatic carbocycles. The van der Waals surface area contributed by atoms with E-state index in [4.69, 9.17) is 11.6 Å². The number of aromatic amines is 1. The van der Waals surface area contributed by atoms with E-state index in [1.807, 2.05) is 19.1 Å². The predicted molar refractivity (Wildman–Crippen MR) is 92.7 cm³/mol. The van der Waals surface area contributed by atoms with Gasteiger partial charge in [0, 0.05) is 28.0 Å². The molecule has 3 nitrogen and oxygen atoms in total. The normalized spacial score (nSPS) is 11.1. The summed E-state index contributed by atoms with van der Waals surface area (Å²) in [5, 5.41) is 3.67. The standard InChI is InChI=1S/C17H16ClFN2OS/c1-10-13(14-8-11(19)2-4-15(14)21-10)9-17(22)20-7-6-12-3-5-16(18)23-12/h2-5,8,21H,6-7,9H2,1H3,(H,20,22). The summed E-state index contributed by atoms with van der Waals surface area (Å²) < 4.78 is 14.2. The van der Waals surface area contributed by atoms with Crippen molar-refractivity contribution in [2.75, 3.05) is 6.54 Å². The van der Waals surface area contributed by atoms with E-state index in [-0.39, 0.29) is 18.1 Å². The van der Waals surface area contributed by atoms with Crippen LogP contribution in [0.3, 0.4) is 0 Å². The molecule has 0 saturated carbocycles. The molecule has 2 aromatic heterocycles. The molecule has 0 unspecified atom stereocenters. The van der Waals surface area contributed by atoms with Gasteiger partial charge in [-0.3, -0.25) is 4.79 Å². The lowest BCUT2D eigenvalue weighted by atomic mass is 10.1. The van der Waals surface area contributed by atoms with E-state index in [1.54, 1.807) is 6.07 Å². The van der Waals surface area contributed by atoms with Crippen LogP contribution in [0.2, 0.25) is 4.34 Å². The summed E-state index contributed by atoms with van der Waals surface area (Å²) in [7, 11) is 0. The van der Waals surface area contributed by atoms with Crippen LogP contribution in [0.5, 0.6) is 0 Å². The van der Waals surface area contributed by atoms with Crippen molar-refractivity contribution < 1.29 is 9.18 Å². The third kappa shape index (κ3) is 3.74. The Kier molecular flexibility index (Phi) is 4.68. The zero-order valence-corrected chi connectivity index (χ0v) is 14.2. The van der Waals surface area contributed by atoms with Crippen molar-refractivity contribution in [3.63, 3.8) is 0 Å². The Hall–Kier alpha value is -1.85. The molecule has 120 valence electrons. The monoisotopic (exact) mass is 350 g/mol. The fraction of sp³-hybridized carbons (Fsp3) is 0.235. The van der Waals surface area contributed by atoms with Crippen LogP contribution in [0.15, 0.2) is 30.3 Å². The maximum Gasteiger partial charge on any atom is 0.224 e. The molecule has 1 amide bonds. The average molecular weight is 351 g/mol. The number of hydrogen-bond acceptors (Lipinski definition) is 2. The molecular weight excluding hydrogens is 335 g/mol. The first-order valence-corrected chi connectivity index (χ1v) is 8.50. The first-order valence-electron chi connectivity index (χ1n) is 7.30. The Morgan fingerprint density at radius 3 is 2.91 bits per heavy atom. The number of benzene rings is 1. The molecule has 0 fully saturated rings. The van der Waals surface area contributed by atoms with Crippen molar-refractivity contribution in [3.8, 4) is 0 Å². The number of amides is 1. The highest BCUT2D eigenvalue weighted by atomic mass is 35.5. The van der Waals surface area contributed by atoms with Crippen molar-refractivity contribution in [2.24, 2.45) is 0 Å². The molecule has 0 aliphatic heterocycles. The molecule has 0 aliphatic carbocycles. The maximum absolute atomic E-state index is 13.4. The summed E-state index contributed by atoms with van der Waals surface area (Å²) in [5.74, 6) is -0.367. The van der Waals surface area contributed by atoms with E-state index in [0.29, 0.717) is 6.54 Å². The second-order valence-electron chi connectivity index (χ2n) is 5.40. The van der Waals surface area contributed by atoms with Crippen LogP contribution in [0.1, 0.15) is 16.1 Å². The largest absolute Gasteiger partial charge is 0.358 e. The Labute approximate surface area is 142 Å². The highest BCUT2D eigenvalue weighted by molar-refractivity contribution is 7.16. The van der Waals surface area contributed by atoms with Gasteiger partial charge in [-0.05, 0) is 49.2 Å². The first kappa shape index (κ1) is 16.0. The van der Waals surface area contributed by atoms with Crippen molar-refractivity contribution >= 4 is 39.7 Å². The molecule has 3 rings (SSSR count). The fourth-order valence-corrected chi connectivity index (χ4v) is 3.70. The van der Waals surface area contributed by atoms with Crippen LogP contribution >= 0.6 is 22.9 Å². The molecule has 6 heteroatoms. The highest BCUT2D eigenvalue weighted by Crippen LogP contribution is 2.24. The smallest absolute Gasteiger partial charge is 0.224 e. The van der Waals surface area contributed by atoms with E-state index in [2.05, 4.69) is 10.3 Å². The van der Waals surface area contributed by atoms with Crippen LogP contribution in [0.4, 0.5) is 4.39 Å². The Balaban J connectivity index is 1.63. The molecule has 0 bridgehead atoms. The van der Waals surface area contributed by atoms with Crippen LogP contribution in [0, 0.1) is 12.7 Å². The van der Waals surface area contributed by atoms with Crippen LogP contribution in [-0.2, 0) is 17.6 Å². The van der Waals surface area contributed by atoms with Gasteiger partial charge in [0.05, 0.1) is 10.8 Å². The molecule has 0 atom stereocenters. The van der Waals surface area contributed by atoms with Gasteiger partial charge in [-0.1, -0.05) is 11.6 Å². The summed E-state index contributed by atoms with van der Waals surface area (Å²) in [5.41, 5.74) is 2.59. The molecule has 0 radical (unpaired) electrons. The minimum atomic E-state index is -0.298. The lowest BCUT2D eigenvalue weighted by molar-refractivity contribution is -0.120. The average Bonchev–Trinajstić information content (AvgIpc) is 3.04. The number of H-pyrrole nitrogens is 1. The Bertz CT molecular complexity index is 856. The number of hydrogen-bond donors (Lipinski definition) is 2. The number of aromatic nitrogens is 1. The summed E-state index contributed by atoms with van der Waals surface area (Å²) in [4.78, 5) is 16.5. The van der Waals surface area contributed by atoms with E-state index in [0.717, 1.165) is 37.8 Å². The third-order valence-electron chi connectivity index (χ3n) is 3.74. The third-order valence-corrected chi connectivity index (χ3v) is 5.03. The van der Waals surface area contributed by atoms with Crippen molar-refractivity contribution in [1.82, 2.24) is 10.3 Å². The summed E-state index contributed by atoms with van der Waals surface area (Å²) in [6.07, 6.45) is 0.991. The van der Waals surface area contributed by atoms with Gasteiger partial charge in [-0.15, -0.1) is 11.3 Å². The van der Waals surface area contributed by atoms with Crippen LogP contribution < -0.4 is 5.32 Å². The Morgan fingerprint density at radius 1 is 1.35 bits per heavy atom. The highest BCUT2D eigenvalue weighted by Gasteiger charge is 2.13. The second kappa shape index (κ2) is 6.72. The number of halogens is 2. The minimum Gasteiger partial charge on any atom is -0.358 e. The predicted octanol–water partition coefficient (Wildman–Crippen LogP) is 4.23. The van der Waals surface area contributed by atoms with Crippen LogP contribution in [-0.4, -0.2) is 17.4 Å². The van der Waals surface area contributed by atoms with Gasteiger partial charge in [0.2, 0.25) is 5.91 Å². The van der Waals surface area contributed by atoms with E-state index in [9.17, 15) is 9.18 Å². The van der Waals surface area contributed by atoms with Gasteiger partial charge in [-0.25, -0.2) is 4.39 Å². The lowest BCUT2D eigenvalue weighted by Crippen LogP contribution is -2.27. The number of carbonyl (C=O) groups is 1. The van der Waals surface area contributed by atoms with Gasteiger partial charge in [0.1, 0.15) is 5.82 Å². The molecule has 0 saturated heterocycles. The Morgan fingerprint density at radius 2 is 2.17 bits per heavy atom. The van der Waals surface area contributed by atoms with Crippen molar-refractivity contribution in [3.05, 3.63) is 56.6 Å². The summed E-state index contributed by atoms with van der Waals surface area (Å²) >= 11 is 7.40. The topological polar surface area (TPSA) is 44.9 Å². The second-order valence-corrected chi connectivity index (χ2v) is 7.20. The van der Waals surface area contributed by atoms with Gasteiger partial charge < -0.3 is 10.3 Å².